The van der Waals surface area contributed by atoms with Crippen molar-refractivity contribution >= 4 is 12.4 Å². The lowest BCUT2D eigenvalue weighted by atomic mass is 10.2. The predicted molar refractivity (Wildman–Crippen MR) is 124 cm³/mol. The van der Waals surface area contributed by atoms with E-state index in [1.807, 2.05) is 72.8 Å². The Bertz CT molecular complexity index is 1060. The van der Waals surface area contributed by atoms with Crippen molar-refractivity contribution in [2.45, 2.75) is 6.42 Å². The third kappa shape index (κ3) is 5.96. The summed E-state index contributed by atoms with van der Waals surface area (Å²) in [5.74, 6) is 0. The zero-order valence-corrected chi connectivity index (χ0v) is 17.0. The van der Waals surface area contributed by atoms with Gasteiger partial charge in [-0.1, -0.05) is 24.3 Å². The number of hydrogen-bond acceptors (Lipinski definition) is 6. The Morgan fingerprint density at radius 2 is 1.03 bits per heavy atom. The summed E-state index contributed by atoms with van der Waals surface area (Å²) >= 11 is 0. The third-order valence-corrected chi connectivity index (χ3v) is 4.42. The van der Waals surface area contributed by atoms with Crippen molar-refractivity contribution in [3.63, 3.8) is 0 Å². The molecule has 152 valence electrons. The summed E-state index contributed by atoms with van der Waals surface area (Å²) in [5.41, 5.74) is 5.04. The van der Waals surface area contributed by atoms with Crippen LogP contribution in [-0.2, 0) is 0 Å². The molecule has 0 spiro atoms. The number of hydrogen-bond donors (Lipinski definition) is 0. The van der Waals surface area contributed by atoms with Gasteiger partial charge in [0.25, 0.3) is 0 Å². The number of aliphatic imine (C=N–C) groups is 2. The zero-order valence-electron chi connectivity index (χ0n) is 17.0. The van der Waals surface area contributed by atoms with Crippen LogP contribution in [0.4, 0.5) is 0 Å². The summed E-state index contributed by atoms with van der Waals surface area (Å²) in [4.78, 5) is 26.8. The van der Waals surface area contributed by atoms with Gasteiger partial charge in [-0.2, -0.15) is 0 Å². The molecule has 4 aromatic rings. The van der Waals surface area contributed by atoms with E-state index in [9.17, 15) is 0 Å². The topological polar surface area (TPSA) is 76.3 Å². The minimum absolute atomic E-state index is 0.689. The van der Waals surface area contributed by atoms with Gasteiger partial charge >= 0.3 is 0 Å². The van der Waals surface area contributed by atoms with Crippen molar-refractivity contribution in [1.82, 2.24) is 19.9 Å². The Balaban J connectivity index is 1.26. The van der Waals surface area contributed by atoms with Gasteiger partial charge in [0, 0.05) is 37.9 Å². The van der Waals surface area contributed by atoms with E-state index in [1.165, 1.54) is 0 Å². The fourth-order valence-electron chi connectivity index (χ4n) is 2.93. The minimum Gasteiger partial charge on any atom is -0.291 e. The molecule has 6 heteroatoms. The maximum absolute atomic E-state index is 4.60. The lowest BCUT2D eigenvalue weighted by Gasteiger charge is -2.01. The highest BCUT2D eigenvalue weighted by molar-refractivity contribution is 5.78. The van der Waals surface area contributed by atoms with Crippen LogP contribution in [0.25, 0.3) is 22.8 Å². The molecule has 0 aliphatic heterocycles. The van der Waals surface area contributed by atoms with Crippen LogP contribution < -0.4 is 0 Å². The Morgan fingerprint density at radius 3 is 1.48 bits per heavy atom. The van der Waals surface area contributed by atoms with Crippen molar-refractivity contribution < 1.29 is 0 Å². The van der Waals surface area contributed by atoms with Gasteiger partial charge in [0.2, 0.25) is 0 Å². The highest BCUT2D eigenvalue weighted by Crippen LogP contribution is 2.14. The van der Waals surface area contributed by atoms with Crippen LogP contribution in [-0.4, -0.2) is 45.5 Å². The van der Waals surface area contributed by atoms with Gasteiger partial charge in [-0.3, -0.25) is 20.0 Å². The summed E-state index contributed by atoms with van der Waals surface area (Å²) in [6.07, 6.45) is 7.99. The molecule has 6 nitrogen and oxygen atoms in total. The molecule has 0 aliphatic carbocycles. The van der Waals surface area contributed by atoms with E-state index >= 15 is 0 Å². The van der Waals surface area contributed by atoms with Gasteiger partial charge < -0.3 is 0 Å². The number of pyridine rings is 4. The molecular weight excluding hydrogens is 384 g/mol. The molecule has 0 aliphatic rings. The smallest absolute Gasteiger partial charge is 0.0894 e. The average molecular weight is 406 g/mol. The van der Waals surface area contributed by atoms with Crippen LogP contribution in [0.5, 0.6) is 0 Å². The summed E-state index contributed by atoms with van der Waals surface area (Å²) < 4.78 is 0. The minimum atomic E-state index is 0.689. The first-order valence-corrected chi connectivity index (χ1v) is 10.1. The molecule has 0 aromatic carbocycles. The van der Waals surface area contributed by atoms with Crippen LogP contribution in [0.2, 0.25) is 0 Å². The zero-order chi connectivity index (χ0) is 21.1. The third-order valence-electron chi connectivity index (χ3n) is 4.42. The summed E-state index contributed by atoms with van der Waals surface area (Å²) in [5, 5.41) is 0. The molecule has 31 heavy (non-hydrogen) atoms. The molecular formula is C25H22N6. The molecule has 0 N–H and O–H groups in total. The lowest BCUT2D eigenvalue weighted by Crippen LogP contribution is -1.95. The number of nitrogens with zero attached hydrogens (tertiary/aromatic N) is 6. The monoisotopic (exact) mass is 406 g/mol. The fourth-order valence-corrected chi connectivity index (χ4v) is 2.93. The summed E-state index contributed by atoms with van der Waals surface area (Å²) in [6, 6.07) is 23.3. The first-order valence-electron chi connectivity index (χ1n) is 10.1. The SMILES string of the molecule is C(=NCCCN=Cc1cccc(-c2ccccn2)n1)c1cccc(-c2ccccn2)n1. The first-order chi connectivity index (χ1) is 15.4. The number of rotatable bonds is 8. The largest absolute Gasteiger partial charge is 0.291 e. The molecule has 0 amide bonds. The predicted octanol–water partition coefficient (Wildman–Crippen LogP) is 4.53. The van der Waals surface area contributed by atoms with E-state index in [2.05, 4.69) is 29.9 Å². The van der Waals surface area contributed by atoms with Gasteiger partial charge in [-0.05, 0) is 55.0 Å². The second-order valence-electron chi connectivity index (χ2n) is 6.75. The quantitative estimate of drug-likeness (QED) is 0.318. The van der Waals surface area contributed by atoms with Crippen molar-refractivity contribution in [2.75, 3.05) is 13.1 Å². The van der Waals surface area contributed by atoms with Gasteiger partial charge in [-0.15, -0.1) is 0 Å². The molecule has 0 radical (unpaired) electrons. The normalized spacial score (nSPS) is 11.4. The highest BCUT2D eigenvalue weighted by atomic mass is 14.8. The summed E-state index contributed by atoms with van der Waals surface area (Å²) in [6.45, 7) is 1.38. The van der Waals surface area contributed by atoms with E-state index in [0.29, 0.717) is 13.1 Å². The maximum atomic E-state index is 4.60. The second-order valence-corrected chi connectivity index (χ2v) is 6.75. The Kier molecular flexibility index (Phi) is 6.94. The van der Waals surface area contributed by atoms with Gasteiger partial charge in [-0.25, -0.2) is 9.97 Å². The molecule has 4 aromatic heterocycles. The fraction of sp³-hybridized carbons (Fsp3) is 0.120. The molecule has 0 saturated heterocycles. The molecule has 4 heterocycles. The molecule has 0 atom stereocenters. The van der Waals surface area contributed by atoms with E-state index in [0.717, 1.165) is 40.6 Å². The Morgan fingerprint density at radius 1 is 0.548 bits per heavy atom. The van der Waals surface area contributed by atoms with Crippen LogP contribution in [0.1, 0.15) is 17.8 Å². The molecule has 0 fully saturated rings. The van der Waals surface area contributed by atoms with Crippen LogP contribution in [0, 0.1) is 0 Å². The van der Waals surface area contributed by atoms with Crippen LogP contribution >= 0.6 is 0 Å². The van der Waals surface area contributed by atoms with Gasteiger partial charge in [0.15, 0.2) is 0 Å². The molecule has 0 unspecified atom stereocenters. The Labute approximate surface area is 181 Å². The average Bonchev–Trinajstić information content (AvgIpc) is 2.85. The lowest BCUT2D eigenvalue weighted by molar-refractivity contribution is 0.850. The van der Waals surface area contributed by atoms with Crippen molar-refractivity contribution in [3.8, 4) is 22.8 Å². The first kappa shape index (κ1) is 20.2. The molecule has 0 bridgehead atoms. The molecule has 0 saturated carbocycles. The van der Waals surface area contributed by atoms with E-state index in [1.54, 1.807) is 24.8 Å². The van der Waals surface area contributed by atoms with Gasteiger partial charge in [0.05, 0.1) is 34.2 Å². The van der Waals surface area contributed by atoms with E-state index in [-0.39, 0.29) is 0 Å². The van der Waals surface area contributed by atoms with Crippen molar-refractivity contribution in [1.29, 1.82) is 0 Å². The molecule has 4 rings (SSSR count). The second kappa shape index (κ2) is 10.6. The van der Waals surface area contributed by atoms with E-state index < -0.39 is 0 Å². The van der Waals surface area contributed by atoms with Gasteiger partial charge in [0.1, 0.15) is 0 Å². The van der Waals surface area contributed by atoms with Crippen molar-refractivity contribution in [3.05, 3.63) is 96.6 Å². The van der Waals surface area contributed by atoms with E-state index in [4.69, 9.17) is 0 Å². The number of aromatic nitrogens is 4. The summed E-state index contributed by atoms with van der Waals surface area (Å²) in [7, 11) is 0. The maximum Gasteiger partial charge on any atom is 0.0894 e. The van der Waals surface area contributed by atoms with Crippen LogP contribution in [0.15, 0.2) is 95.2 Å². The highest BCUT2D eigenvalue weighted by Gasteiger charge is 2.01. The van der Waals surface area contributed by atoms with Crippen molar-refractivity contribution in [2.24, 2.45) is 9.98 Å². The van der Waals surface area contributed by atoms with Crippen LogP contribution in [0.3, 0.4) is 0 Å². The standard InChI is InChI=1S/C25H22N6/c1-3-16-28-22(10-1)24-12-5-8-20(30-24)18-26-14-7-15-27-19-21-9-6-13-25(31-21)23-11-2-4-17-29-23/h1-6,8-13,16-19H,7,14-15H2. The Hall–Kier alpha value is -4.06.